The van der Waals surface area contributed by atoms with Gasteiger partial charge in [0.05, 0.1) is 30.7 Å². The maximum absolute atomic E-state index is 12.6. The molecule has 0 aliphatic carbocycles. The summed E-state index contributed by atoms with van der Waals surface area (Å²) in [7, 11) is 0. The predicted octanol–water partition coefficient (Wildman–Crippen LogP) is 1.56. The lowest BCUT2D eigenvalue weighted by Gasteiger charge is -2.32. The summed E-state index contributed by atoms with van der Waals surface area (Å²) in [5, 5.41) is 13.4. The molecule has 2 heterocycles. The lowest BCUT2D eigenvalue weighted by atomic mass is 10.2. The number of ether oxygens (including phenoxy) is 1. The van der Waals surface area contributed by atoms with Crippen LogP contribution in [0.1, 0.15) is 10.4 Å². The molecule has 23 heavy (non-hydrogen) atoms. The number of aliphatic carboxylic acids is 1. The van der Waals surface area contributed by atoms with E-state index in [1.54, 1.807) is 10.9 Å². The number of amides is 1. The van der Waals surface area contributed by atoms with Gasteiger partial charge in [0, 0.05) is 17.2 Å². The SMILES string of the molecule is O=C(O)[C@@H]1COCCN1C(=O)c1cnn(-c2ccc(Br)cc2)c1. The van der Waals surface area contributed by atoms with E-state index < -0.39 is 12.0 Å². The van der Waals surface area contributed by atoms with Crippen molar-refractivity contribution in [1.29, 1.82) is 0 Å². The van der Waals surface area contributed by atoms with Gasteiger partial charge in [0.15, 0.2) is 6.04 Å². The van der Waals surface area contributed by atoms with Crippen LogP contribution in [0.15, 0.2) is 41.1 Å². The fraction of sp³-hybridized carbons (Fsp3) is 0.267. The Hall–Kier alpha value is -2.19. The van der Waals surface area contributed by atoms with E-state index in [2.05, 4.69) is 21.0 Å². The largest absolute Gasteiger partial charge is 0.480 e. The van der Waals surface area contributed by atoms with Gasteiger partial charge in [-0.2, -0.15) is 5.10 Å². The summed E-state index contributed by atoms with van der Waals surface area (Å²) in [6.07, 6.45) is 3.04. The van der Waals surface area contributed by atoms with E-state index in [-0.39, 0.29) is 19.1 Å². The van der Waals surface area contributed by atoms with Gasteiger partial charge in [-0.25, -0.2) is 9.48 Å². The van der Waals surface area contributed by atoms with Crippen molar-refractivity contribution in [3.63, 3.8) is 0 Å². The highest BCUT2D eigenvalue weighted by molar-refractivity contribution is 9.10. The number of hydrogen-bond donors (Lipinski definition) is 1. The van der Waals surface area contributed by atoms with E-state index in [1.807, 2.05) is 24.3 Å². The second-order valence-electron chi connectivity index (χ2n) is 5.08. The minimum atomic E-state index is -1.07. The Morgan fingerprint density at radius 2 is 2.04 bits per heavy atom. The zero-order chi connectivity index (χ0) is 16.4. The number of aromatic nitrogens is 2. The number of hydrogen-bond acceptors (Lipinski definition) is 4. The number of nitrogens with zero attached hydrogens (tertiary/aromatic N) is 3. The van der Waals surface area contributed by atoms with Crippen LogP contribution in [0, 0.1) is 0 Å². The zero-order valence-electron chi connectivity index (χ0n) is 12.1. The second kappa shape index (κ2) is 6.51. The van der Waals surface area contributed by atoms with Gasteiger partial charge in [-0.05, 0) is 24.3 Å². The number of rotatable bonds is 3. The first kappa shape index (κ1) is 15.7. The first-order valence-corrected chi connectivity index (χ1v) is 7.77. The van der Waals surface area contributed by atoms with E-state index in [9.17, 15) is 14.7 Å². The van der Waals surface area contributed by atoms with Crippen molar-refractivity contribution in [2.45, 2.75) is 6.04 Å². The molecule has 120 valence electrons. The van der Waals surface area contributed by atoms with E-state index in [0.717, 1.165) is 10.2 Å². The molecule has 1 amide bonds. The molecule has 3 rings (SSSR count). The van der Waals surface area contributed by atoms with Gasteiger partial charge in [-0.1, -0.05) is 15.9 Å². The molecule has 0 bridgehead atoms. The van der Waals surface area contributed by atoms with Crippen LogP contribution < -0.4 is 0 Å². The molecule has 7 nitrogen and oxygen atoms in total. The topological polar surface area (TPSA) is 84.7 Å². The lowest BCUT2D eigenvalue weighted by Crippen LogP contribution is -2.52. The van der Waals surface area contributed by atoms with Gasteiger partial charge >= 0.3 is 5.97 Å². The highest BCUT2D eigenvalue weighted by Crippen LogP contribution is 2.16. The van der Waals surface area contributed by atoms with Crippen LogP contribution in [0.3, 0.4) is 0 Å². The summed E-state index contributed by atoms with van der Waals surface area (Å²) in [5.41, 5.74) is 1.16. The molecule has 1 aliphatic rings. The predicted molar refractivity (Wildman–Crippen MR) is 84.5 cm³/mol. The van der Waals surface area contributed by atoms with Crippen LogP contribution in [-0.4, -0.2) is 57.5 Å². The van der Waals surface area contributed by atoms with Crippen molar-refractivity contribution >= 4 is 27.8 Å². The van der Waals surface area contributed by atoms with Crippen molar-refractivity contribution in [1.82, 2.24) is 14.7 Å². The molecule has 1 aliphatic heterocycles. The Morgan fingerprint density at radius 1 is 1.30 bits per heavy atom. The van der Waals surface area contributed by atoms with E-state index in [1.165, 1.54) is 11.1 Å². The number of carboxylic acid groups (broad SMARTS) is 1. The molecular weight excluding hydrogens is 366 g/mol. The van der Waals surface area contributed by atoms with Crippen molar-refractivity contribution < 1.29 is 19.4 Å². The molecular formula is C15H14BrN3O4. The van der Waals surface area contributed by atoms with Crippen LogP contribution in [0.4, 0.5) is 0 Å². The number of carbonyl (C=O) groups is 2. The van der Waals surface area contributed by atoms with Crippen molar-refractivity contribution in [3.05, 3.63) is 46.7 Å². The smallest absolute Gasteiger partial charge is 0.328 e. The molecule has 1 saturated heterocycles. The minimum Gasteiger partial charge on any atom is -0.480 e. The number of morpholine rings is 1. The standard InChI is InChI=1S/C15H14BrN3O4/c16-11-1-3-12(4-2-11)19-8-10(7-17-19)14(20)18-5-6-23-9-13(18)15(21)22/h1-4,7-8,13H,5-6,9H2,(H,21,22)/t13-/m0/s1. The van der Waals surface area contributed by atoms with Gasteiger partial charge in [-0.15, -0.1) is 0 Å². The van der Waals surface area contributed by atoms with Crippen LogP contribution >= 0.6 is 15.9 Å². The minimum absolute atomic E-state index is 0.00191. The summed E-state index contributed by atoms with van der Waals surface area (Å²) in [4.78, 5) is 25.1. The Bertz CT molecular complexity index is 729. The molecule has 8 heteroatoms. The second-order valence-corrected chi connectivity index (χ2v) is 5.99. The number of carbonyl (C=O) groups excluding carboxylic acids is 1. The summed E-state index contributed by atoms with van der Waals surface area (Å²) in [6, 6.07) is 6.51. The molecule has 2 aromatic rings. The highest BCUT2D eigenvalue weighted by Gasteiger charge is 2.33. The molecule has 0 spiro atoms. The van der Waals surface area contributed by atoms with Crippen LogP contribution in [0.2, 0.25) is 0 Å². The third kappa shape index (κ3) is 3.27. The van der Waals surface area contributed by atoms with E-state index in [4.69, 9.17) is 4.74 Å². The monoisotopic (exact) mass is 379 g/mol. The van der Waals surface area contributed by atoms with Gasteiger partial charge in [0.25, 0.3) is 5.91 Å². The quantitative estimate of drug-likeness (QED) is 0.874. The first-order chi connectivity index (χ1) is 11.1. The molecule has 1 fully saturated rings. The van der Waals surface area contributed by atoms with Gasteiger partial charge in [0.2, 0.25) is 0 Å². The maximum Gasteiger partial charge on any atom is 0.328 e. The van der Waals surface area contributed by atoms with Gasteiger partial charge < -0.3 is 14.7 Å². The molecule has 1 aromatic heterocycles. The normalized spacial score (nSPS) is 18.0. The fourth-order valence-electron chi connectivity index (χ4n) is 2.39. The Kier molecular flexibility index (Phi) is 4.44. The van der Waals surface area contributed by atoms with Crippen molar-refractivity contribution in [2.75, 3.05) is 19.8 Å². The Labute approximate surface area is 140 Å². The molecule has 1 aromatic carbocycles. The molecule has 0 radical (unpaired) electrons. The fourth-order valence-corrected chi connectivity index (χ4v) is 2.65. The maximum atomic E-state index is 12.6. The third-order valence-corrected chi connectivity index (χ3v) is 4.12. The van der Waals surface area contributed by atoms with Crippen molar-refractivity contribution in [3.8, 4) is 5.69 Å². The summed E-state index contributed by atoms with van der Waals surface area (Å²) in [5.74, 6) is -1.43. The number of carboxylic acids is 1. The molecule has 0 saturated carbocycles. The van der Waals surface area contributed by atoms with Crippen molar-refractivity contribution in [2.24, 2.45) is 0 Å². The highest BCUT2D eigenvalue weighted by atomic mass is 79.9. The van der Waals surface area contributed by atoms with Crippen LogP contribution in [0.5, 0.6) is 0 Å². The number of benzene rings is 1. The summed E-state index contributed by atoms with van der Waals surface area (Å²) in [6.45, 7) is 0.581. The first-order valence-electron chi connectivity index (χ1n) is 6.98. The zero-order valence-corrected chi connectivity index (χ0v) is 13.6. The summed E-state index contributed by atoms with van der Waals surface area (Å²) >= 11 is 3.36. The average Bonchev–Trinajstić information content (AvgIpc) is 3.04. The van der Waals surface area contributed by atoms with Gasteiger partial charge in [-0.3, -0.25) is 4.79 Å². The van der Waals surface area contributed by atoms with Gasteiger partial charge in [0.1, 0.15) is 0 Å². The summed E-state index contributed by atoms with van der Waals surface area (Å²) < 4.78 is 7.67. The lowest BCUT2D eigenvalue weighted by molar-refractivity contribution is -0.147. The Morgan fingerprint density at radius 3 is 2.74 bits per heavy atom. The van der Waals surface area contributed by atoms with E-state index in [0.29, 0.717) is 12.2 Å². The average molecular weight is 380 g/mol. The van der Waals surface area contributed by atoms with Crippen LogP contribution in [-0.2, 0) is 9.53 Å². The molecule has 0 unspecified atom stereocenters. The molecule has 1 atom stereocenters. The Balaban J connectivity index is 1.83. The molecule has 1 N–H and O–H groups in total. The van der Waals surface area contributed by atoms with Crippen LogP contribution in [0.25, 0.3) is 5.69 Å². The third-order valence-electron chi connectivity index (χ3n) is 3.60. The van der Waals surface area contributed by atoms with E-state index >= 15 is 0 Å². The number of halogens is 1.